The van der Waals surface area contributed by atoms with Gasteiger partial charge in [0.15, 0.2) is 5.65 Å². The van der Waals surface area contributed by atoms with Crippen molar-refractivity contribution >= 4 is 35.4 Å². The lowest BCUT2D eigenvalue weighted by atomic mass is 10.1. The first-order chi connectivity index (χ1) is 12.9. The van der Waals surface area contributed by atoms with Crippen LogP contribution in [0.4, 0.5) is 20.7 Å². The molecule has 2 saturated heterocycles. The molecule has 0 bridgehead atoms. The molecule has 0 unspecified atom stereocenters. The number of carbonyl (C=O) groups excluding carboxylic acids is 2. The number of aromatic nitrogens is 4. The zero-order valence-electron chi connectivity index (χ0n) is 14.1. The first kappa shape index (κ1) is 16.1. The molecule has 0 radical (unpaired) electrons. The summed E-state index contributed by atoms with van der Waals surface area (Å²) in [5, 5.41) is 9.71. The number of rotatable bonds is 4. The van der Waals surface area contributed by atoms with Gasteiger partial charge in [-0.15, -0.1) is 0 Å². The number of nitrogens with one attached hydrogen (secondary N) is 2. The summed E-state index contributed by atoms with van der Waals surface area (Å²) in [4.78, 5) is 33.3. The van der Waals surface area contributed by atoms with Crippen molar-refractivity contribution in [3.63, 3.8) is 0 Å². The average Bonchev–Trinajstić information content (AvgIpc) is 3.21. The lowest BCUT2D eigenvalue weighted by molar-refractivity contribution is -0.124. The Morgan fingerprint density at radius 2 is 2.04 bits per heavy atom. The fourth-order valence-electron chi connectivity index (χ4n) is 3.09. The Morgan fingerprint density at radius 1 is 1.26 bits per heavy atom. The van der Waals surface area contributed by atoms with Gasteiger partial charge in [-0.25, -0.2) is 8.78 Å². The van der Waals surface area contributed by atoms with E-state index in [-0.39, 0.29) is 24.3 Å². The second-order valence-electron chi connectivity index (χ2n) is 7.04. The minimum atomic E-state index is -2.74. The Balaban J connectivity index is 1.57. The summed E-state index contributed by atoms with van der Waals surface area (Å²) in [5.41, 5.74) is 1.21. The molecule has 140 valence electrons. The van der Waals surface area contributed by atoms with Gasteiger partial charge in [-0.3, -0.25) is 14.9 Å². The van der Waals surface area contributed by atoms with Gasteiger partial charge < -0.3 is 10.2 Å². The molecule has 3 fully saturated rings. The van der Waals surface area contributed by atoms with Crippen molar-refractivity contribution in [2.75, 3.05) is 23.3 Å². The highest BCUT2D eigenvalue weighted by Gasteiger charge is 2.45. The van der Waals surface area contributed by atoms with Crippen LogP contribution in [0.2, 0.25) is 0 Å². The minimum absolute atomic E-state index is 0.0142. The third-order valence-corrected chi connectivity index (χ3v) is 4.65. The van der Waals surface area contributed by atoms with E-state index in [1.807, 2.05) is 0 Å². The van der Waals surface area contributed by atoms with Gasteiger partial charge in [-0.2, -0.15) is 19.6 Å². The van der Waals surface area contributed by atoms with Gasteiger partial charge in [0.1, 0.15) is 0 Å². The first-order valence-corrected chi connectivity index (χ1v) is 8.58. The van der Waals surface area contributed by atoms with E-state index in [9.17, 15) is 18.4 Å². The van der Waals surface area contributed by atoms with Gasteiger partial charge in [0.05, 0.1) is 25.7 Å². The van der Waals surface area contributed by atoms with E-state index in [2.05, 4.69) is 25.7 Å². The van der Waals surface area contributed by atoms with Crippen LogP contribution in [0.1, 0.15) is 24.8 Å². The molecule has 2 aromatic rings. The standard InChI is InChI=1S/C16H15F2N7O2/c17-16(18)6-24(7-16)14-22-12-9(3-8-4-11(26)21-13(8)27)5-19-25(12)15(23-14)20-10-1-2-10/h3,5,10H,1-2,4,6-7H2,(H,20,22,23)(H,21,26,27)/b8-3+. The topological polar surface area (TPSA) is 105 Å². The quantitative estimate of drug-likeness (QED) is 0.595. The van der Waals surface area contributed by atoms with E-state index in [1.54, 1.807) is 6.08 Å². The normalized spacial score (nSPS) is 23.0. The molecule has 2 aromatic heterocycles. The predicted molar refractivity (Wildman–Crippen MR) is 90.3 cm³/mol. The van der Waals surface area contributed by atoms with E-state index >= 15 is 0 Å². The summed E-state index contributed by atoms with van der Waals surface area (Å²) in [5.74, 6) is -2.95. The molecule has 1 aliphatic carbocycles. The molecule has 0 atom stereocenters. The summed E-state index contributed by atoms with van der Waals surface area (Å²) in [6.45, 7) is -0.874. The predicted octanol–water partition coefficient (Wildman–Crippen LogP) is 0.584. The van der Waals surface area contributed by atoms with Crippen LogP contribution < -0.4 is 15.5 Å². The van der Waals surface area contributed by atoms with Crippen molar-refractivity contribution in [3.05, 3.63) is 17.3 Å². The highest BCUT2D eigenvalue weighted by molar-refractivity contribution is 6.15. The highest BCUT2D eigenvalue weighted by atomic mass is 19.3. The van der Waals surface area contributed by atoms with Crippen LogP contribution in [0.15, 0.2) is 11.8 Å². The third kappa shape index (κ3) is 2.88. The van der Waals surface area contributed by atoms with Gasteiger partial charge in [0.2, 0.25) is 17.8 Å². The molecular formula is C16H15F2N7O2. The number of alkyl halides is 2. The molecule has 1 saturated carbocycles. The molecule has 9 nitrogen and oxygen atoms in total. The SMILES string of the molecule is O=C1C/C(=C\c2cnn3c(NC4CC4)nc(N4CC(F)(F)C4)nc23)C(=O)N1. The third-order valence-electron chi connectivity index (χ3n) is 4.65. The number of carbonyl (C=O) groups is 2. The van der Waals surface area contributed by atoms with Crippen LogP contribution in [0.25, 0.3) is 11.7 Å². The number of nitrogens with zero attached hydrogens (tertiary/aromatic N) is 5. The van der Waals surface area contributed by atoms with Crippen molar-refractivity contribution in [2.45, 2.75) is 31.2 Å². The summed E-state index contributed by atoms with van der Waals surface area (Å²) in [7, 11) is 0. The Bertz CT molecular complexity index is 1000. The second-order valence-corrected chi connectivity index (χ2v) is 7.04. The maximum atomic E-state index is 13.3. The van der Waals surface area contributed by atoms with E-state index in [4.69, 9.17) is 0 Å². The largest absolute Gasteiger partial charge is 0.351 e. The zero-order chi connectivity index (χ0) is 18.8. The van der Waals surface area contributed by atoms with Crippen LogP contribution in [0.5, 0.6) is 0 Å². The lowest BCUT2D eigenvalue weighted by Gasteiger charge is -2.38. The van der Waals surface area contributed by atoms with Crippen molar-refractivity contribution in [3.8, 4) is 0 Å². The van der Waals surface area contributed by atoms with Crippen LogP contribution in [0, 0.1) is 0 Å². The lowest BCUT2D eigenvalue weighted by Crippen LogP contribution is -2.57. The molecule has 27 heavy (non-hydrogen) atoms. The van der Waals surface area contributed by atoms with Gasteiger partial charge in [0.25, 0.3) is 11.8 Å². The number of hydrogen-bond acceptors (Lipinski definition) is 7. The van der Waals surface area contributed by atoms with E-state index in [0.29, 0.717) is 22.7 Å². The Morgan fingerprint density at radius 3 is 2.67 bits per heavy atom. The fraction of sp³-hybridized carbons (Fsp3) is 0.438. The van der Waals surface area contributed by atoms with Gasteiger partial charge in [-0.1, -0.05) is 0 Å². The Labute approximate surface area is 151 Å². The van der Waals surface area contributed by atoms with Crippen LogP contribution in [0.3, 0.4) is 0 Å². The van der Waals surface area contributed by atoms with Crippen molar-refractivity contribution in [1.29, 1.82) is 0 Å². The van der Waals surface area contributed by atoms with E-state index in [0.717, 1.165) is 12.8 Å². The molecule has 0 aromatic carbocycles. The van der Waals surface area contributed by atoms with Crippen molar-refractivity contribution in [2.24, 2.45) is 0 Å². The molecule has 5 rings (SSSR count). The highest BCUT2D eigenvalue weighted by Crippen LogP contribution is 2.32. The molecule has 0 spiro atoms. The number of halogens is 2. The average molecular weight is 375 g/mol. The molecule has 4 heterocycles. The maximum absolute atomic E-state index is 13.3. The molecular weight excluding hydrogens is 360 g/mol. The molecule has 2 N–H and O–H groups in total. The second kappa shape index (κ2) is 5.44. The van der Waals surface area contributed by atoms with Crippen LogP contribution in [-0.4, -0.2) is 56.5 Å². The Kier molecular flexibility index (Phi) is 3.24. The van der Waals surface area contributed by atoms with Gasteiger partial charge >= 0.3 is 0 Å². The summed E-state index contributed by atoms with van der Waals surface area (Å²) < 4.78 is 28.0. The molecule has 2 amide bonds. The number of hydrogen-bond donors (Lipinski definition) is 2. The number of anilines is 2. The first-order valence-electron chi connectivity index (χ1n) is 8.58. The van der Waals surface area contributed by atoms with Crippen molar-refractivity contribution in [1.82, 2.24) is 24.9 Å². The summed E-state index contributed by atoms with van der Waals surface area (Å²) in [6, 6.07) is 0.276. The summed E-state index contributed by atoms with van der Waals surface area (Å²) >= 11 is 0. The van der Waals surface area contributed by atoms with Gasteiger partial charge in [0, 0.05) is 17.2 Å². The fourth-order valence-corrected chi connectivity index (χ4v) is 3.09. The van der Waals surface area contributed by atoms with Crippen LogP contribution in [-0.2, 0) is 9.59 Å². The smallest absolute Gasteiger partial charge is 0.282 e. The molecule has 2 aliphatic heterocycles. The minimum Gasteiger partial charge on any atom is -0.351 e. The molecule has 3 aliphatic rings. The van der Waals surface area contributed by atoms with Gasteiger partial charge in [-0.05, 0) is 18.9 Å². The summed E-state index contributed by atoms with van der Waals surface area (Å²) in [6.07, 6.45) is 5.05. The monoisotopic (exact) mass is 375 g/mol. The maximum Gasteiger partial charge on any atom is 0.282 e. The number of amides is 2. The van der Waals surface area contributed by atoms with E-state index < -0.39 is 24.9 Å². The molecule has 11 heteroatoms. The van der Waals surface area contributed by atoms with Crippen molar-refractivity contribution < 1.29 is 18.4 Å². The van der Waals surface area contributed by atoms with E-state index in [1.165, 1.54) is 15.6 Å². The zero-order valence-corrected chi connectivity index (χ0v) is 14.1. The number of imide groups is 1. The van der Waals surface area contributed by atoms with Crippen LogP contribution >= 0.6 is 0 Å². The number of fused-ring (bicyclic) bond motifs is 1. The Hall–Kier alpha value is -3.11.